The molecule has 3 atom stereocenters. The van der Waals surface area contributed by atoms with Crippen molar-refractivity contribution in [3.05, 3.63) is 23.8 Å². The molecule has 1 fully saturated rings. The molecule has 1 aliphatic rings. The van der Waals surface area contributed by atoms with E-state index in [4.69, 9.17) is 9.47 Å². The Morgan fingerprint density at radius 1 is 1.20 bits per heavy atom. The maximum absolute atomic E-state index is 10.4. The van der Waals surface area contributed by atoms with Crippen molar-refractivity contribution in [2.75, 3.05) is 33.4 Å². The van der Waals surface area contributed by atoms with Crippen LogP contribution in [0, 0.1) is 11.8 Å². The van der Waals surface area contributed by atoms with E-state index in [9.17, 15) is 5.11 Å². The first-order valence-electron chi connectivity index (χ1n) is 9.40. The van der Waals surface area contributed by atoms with Gasteiger partial charge in [0.2, 0.25) is 0 Å². The molecule has 0 radical (unpaired) electrons. The van der Waals surface area contributed by atoms with Crippen LogP contribution < -0.4 is 9.47 Å². The summed E-state index contributed by atoms with van der Waals surface area (Å²) in [5.74, 6) is 3.05. The zero-order chi connectivity index (χ0) is 18.6. The van der Waals surface area contributed by atoms with Crippen LogP contribution in [-0.4, -0.2) is 49.5 Å². The highest BCUT2D eigenvalue weighted by Crippen LogP contribution is 2.34. The van der Waals surface area contributed by atoms with Crippen molar-refractivity contribution in [1.29, 1.82) is 0 Å². The molecule has 25 heavy (non-hydrogen) atoms. The third-order valence-corrected chi connectivity index (χ3v) is 4.84. The van der Waals surface area contributed by atoms with Gasteiger partial charge in [0, 0.05) is 25.2 Å². The van der Waals surface area contributed by atoms with Crippen molar-refractivity contribution in [2.45, 2.75) is 52.6 Å². The van der Waals surface area contributed by atoms with Crippen molar-refractivity contribution in [1.82, 2.24) is 4.90 Å². The van der Waals surface area contributed by atoms with Crippen LogP contribution in [0.5, 0.6) is 11.5 Å². The van der Waals surface area contributed by atoms with Crippen LogP contribution in [0.3, 0.4) is 0 Å². The highest BCUT2D eigenvalue weighted by molar-refractivity contribution is 5.44. The molecular formula is C21H35NO3. The fourth-order valence-electron chi connectivity index (χ4n) is 3.83. The Kier molecular flexibility index (Phi) is 6.75. The van der Waals surface area contributed by atoms with E-state index in [1.807, 2.05) is 18.2 Å². The number of hydrogen-bond acceptors (Lipinski definition) is 4. The number of benzene rings is 1. The van der Waals surface area contributed by atoms with Crippen molar-refractivity contribution >= 4 is 0 Å². The van der Waals surface area contributed by atoms with Gasteiger partial charge in [0.25, 0.3) is 0 Å². The molecule has 1 aromatic carbocycles. The fraction of sp³-hybridized carbons (Fsp3) is 0.714. The summed E-state index contributed by atoms with van der Waals surface area (Å²) in [5, 5.41) is 10.4. The number of methoxy groups -OCH3 is 1. The molecule has 1 N–H and O–H groups in total. The maximum Gasteiger partial charge on any atom is 0.123 e. The molecule has 2 rings (SSSR count). The number of rotatable bonds is 6. The zero-order valence-electron chi connectivity index (χ0n) is 16.7. The number of piperidine rings is 1. The fourth-order valence-corrected chi connectivity index (χ4v) is 3.83. The van der Waals surface area contributed by atoms with Gasteiger partial charge >= 0.3 is 0 Å². The molecule has 1 heterocycles. The molecule has 0 aromatic heterocycles. The van der Waals surface area contributed by atoms with Crippen LogP contribution in [0.1, 0.15) is 46.6 Å². The summed E-state index contributed by atoms with van der Waals surface area (Å²) < 4.78 is 11.3. The van der Waals surface area contributed by atoms with Gasteiger partial charge in [-0.3, -0.25) is 0 Å². The minimum Gasteiger partial charge on any atom is -0.497 e. The van der Waals surface area contributed by atoms with Crippen LogP contribution in [0.4, 0.5) is 0 Å². The number of β-amino-alcohol motifs (C(OH)–C–C–N with tert-alkyl or cyclic N) is 1. The van der Waals surface area contributed by atoms with E-state index in [2.05, 4.69) is 39.5 Å². The Labute approximate surface area is 153 Å². The van der Waals surface area contributed by atoms with Gasteiger partial charge < -0.3 is 19.5 Å². The summed E-state index contributed by atoms with van der Waals surface area (Å²) in [6, 6.07) is 5.87. The molecule has 0 amide bonds. The number of aliphatic hydroxyl groups is 1. The van der Waals surface area contributed by atoms with Crippen LogP contribution in [-0.2, 0) is 5.41 Å². The summed E-state index contributed by atoms with van der Waals surface area (Å²) in [5.41, 5.74) is 1.05. The lowest BCUT2D eigenvalue weighted by molar-refractivity contribution is 0.0424. The van der Waals surface area contributed by atoms with Gasteiger partial charge in [-0.25, -0.2) is 0 Å². The summed E-state index contributed by atoms with van der Waals surface area (Å²) >= 11 is 0. The van der Waals surface area contributed by atoms with Gasteiger partial charge in [0.15, 0.2) is 0 Å². The number of ether oxygens (including phenoxy) is 2. The quantitative estimate of drug-likeness (QED) is 0.850. The average molecular weight is 350 g/mol. The standard InChI is InChI=1S/C21H35NO3/c1-15-9-16(2)12-22(11-15)13-17(23)14-25-20-8-7-18(24-6)10-19(20)21(3,4)5/h7-8,10,15-17,23H,9,11-14H2,1-6H3/t15-,16+,17-/m0/s1. The predicted octanol–water partition coefficient (Wildman–Crippen LogP) is 3.71. The molecule has 0 unspecified atom stereocenters. The molecule has 0 aliphatic carbocycles. The van der Waals surface area contributed by atoms with E-state index >= 15 is 0 Å². The molecule has 4 nitrogen and oxygen atoms in total. The molecule has 4 heteroatoms. The highest BCUT2D eigenvalue weighted by atomic mass is 16.5. The summed E-state index contributed by atoms with van der Waals surface area (Å²) in [7, 11) is 1.67. The number of likely N-dealkylation sites (tertiary alicyclic amines) is 1. The molecule has 142 valence electrons. The second-order valence-electron chi connectivity index (χ2n) is 8.74. The minimum atomic E-state index is -0.479. The Morgan fingerprint density at radius 3 is 2.40 bits per heavy atom. The second-order valence-corrected chi connectivity index (χ2v) is 8.74. The highest BCUT2D eigenvalue weighted by Gasteiger charge is 2.24. The van der Waals surface area contributed by atoms with Crippen molar-refractivity contribution in [3.63, 3.8) is 0 Å². The third-order valence-electron chi connectivity index (χ3n) is 4.84. The maximum atomic E-state index is 10.4. The van der Waals surface area contributed by atoms with E-state index in [1.54, 1.807) is 7.11 Å². The van der Waals surface area contributed by atoms with Gasteiger partial charge in [-0.15, -0.1) is 0 Å². The Morgan fingerprint density at radius 2 is 1.84 bits per heavy atom. The number of hydrogen-bond donors (Lipinski definition) is 1. The van der Waals surface area contributed by atoms with E-state index < -0.39 is 6.10 Å². The first-order chi connectivity index (χ1) is 11.7. The van der Waals surface area contributed by atoms with E-state index in [1.165, 1.54) is 6.42 Å². The minimum absolute atomic E-state index is 0.0490. The second kappa shape index (κ2) is 8.41. The molecule has 1 aliphatic heterocycles. The summed E-state index contributed by atoms with van der Waals surface area (Å²) in [4.78, 5) is 2.37. The summed E-state index contributed by atoms with van der Waals surface area (Å²) in [6.07, 6.45) is 0.802. The topological polar surface area (TPSA) is 41.9 Å². The molecule has 1 aromatic rings. The average Bonchev–Trinajstić information content (AvgIpc) is 2.50. The Balaban J connectivity index is 1.96. The van der Waals surface area contributed by atoms with Crippen molar-refractivity contribution in [3.8, 4) is 11.5 Å². The van der Waals surface area contributed by atoms with Gasteiger partial charge in [-0.2, -0.15) is 0 Å². The smallest absolute Gasteiger partial charge is 0.123 e. The first kappa shape index (κ1) is 20.1. The van der Waals surface area contributed by atoms with E-state index in [-0.39, 0.29) is 5.41 Å². The lowest BCUT2D eigenvalue weighted by atomic mass is 9.86. The zero-order valence-corrected chi connectivity index (χ0v) is 16.7. The molecular weight excluding hydrogens is 314 g/mol. The van der Waals surface area contributed by atoms with Gasteiger partial charge in [0.05, 0.1) is 7.11 Å². The number of aliphatic hydroxyl groups excluding tert-OH is 1. The molecule has 0 spiro atoms. The molecule has 0 saturated carbocycles. The Hall–Kier alpha value is -1.26. The largest absolute Gasteiger partial charge is 0.497 e. The molecule has 0 bridgehead atoms. The number of nitrogens with zero attached hydrogens (tertiary/aromatic N) is 1. The SMILES string of the molecule is COc1ccc(OC[C@@H](O)CN2C[C@H](C)C[C@H](C)C2)c(C(C)(C)C)c1. The van der Waals surface area contributed by atoms with E-state index in [0.717, 1.165) is 30.2 Å². The lowest BCUT2D eigenvalue weighted by Gasteiger charge is -2.36. The van der Waals surface area contributed by atoms with Crippen LogP contribution in [0.15, 0.2) is 18.2 Å². The lowest BCUT2D eigenvalue weighted by Crippen LogP contribution is -2.44. The van der Waals surface area contributed by atoms with Crippen LogP contribution in [0.25, 0.3) is 0 Å². The van der Waals surface area contributed by atoms with Crippen LogP contribution >= 0.6 is 0 Å². The predicted molar refractivity (Wildman–Crippen MR) is 103 cm³/mol. The normalized spacial score (nSPS) is 23.3. The van der Waals surface area contributed by atoms with Gasteiger partial charge in [-0.05, 0) is 41.9 Å². The Bertz CT molecular complexity index is 543. The summed E-state index contributed by atoms with van der Waals surface area (Å²) in [6.45, 7) is 14.2. The van der Waals surface area contributed by atoms with Crippen LogP contribution in [0.2, 0.25) is 0 Å². The molecule has 1 saturated heterocycles. The third kappa shape index (κ3) is 5.89. The monoisotopic (exact) mass is 349 g/mol. The van der Waals surface area contributed by atoms with E-state index in [0.29, 0.717) is 25.0 Å². The first-order valence-corrected chi connectivity index (χ1v) is 9.40. The van der Waals surface area contributed by atoms with Gasteiger partial charge in [0.1, 0.15) is 24.2 Å². The van der Waals surface area contributed by atoms with Gasteiger partial charge in [-0.1, -0.05) is 34.6 Å². The van der Waals surface area contributed by atoms with Crippen molar-refractivity contribution < 1.29 is 14.6 Å². The van der Waals surface area contributed by atoms with Crippen molar-refractivity contribution in [2.24, 2.45) is 11.8 Å².